The molecular formula is C11H17NO. The van der Waals surface area contributed by atoms with Gasteiger partial charge in [0.05, 0.1) is 17.7 Å². The average Bonchev–Trinajstić information content (AvgIpc) is 2.29. The molecule has 0 aromatic heterocycles. The molecule has 0 saturated carbocycles. The van der Waals surface area contributed by atoms with Crippen LogP contribution in [-0.2, 0) is 4.74 Å². The average molecular weight is 179 g/mol. The summed E-state index contributed by atoms with van der Waals surface area (Å²) < 4.78 is 5.99. The molecule has 0 radical (unpaired) electrons. The standard InChI is InChI=1S/C11H17NO/c1-11(2,3)13-10-8-4-5-9(10)12-7-6-8/h4-10,12H,1-3H3/t8-,9-,10-/m1/s1. The molecule has 3 atom stereocenters. The second-order valence-electron chi connectivity index (χ2n) is 4.71. The molecular weight excluding hydrogens is 162 g/mol. The predicted molar refractivity (Wildman–Crippen MR) is 53.3 cm³/mol. The number of rotatable bonds is 1. The molecule has 13 heavy (non-hydrogen) atoms. The van der Waals surface area contributed by atoms with Crippen LogP contribution in [0.15, 0.2) is 24.4 Å². The van der Waals surface area contributed by atoms with E-state index in [1.165, 1.54) is 0 Å². The lowest BCUT2D eigenvalue weighted by atomic mass is 10.00. The molecule has 1 N–H and O–H groups in total. The largest absolute Gasteiger partial charge is 0.382 e. The van der Waals surface area contributed by atoms with E-state index in [1.54, 1.807) is 0 Å². The highest BCUT2D eigenvalue weighted by Gasteiger charge is 2.35. The first-order valence-corrected chi connectivity index (χ1v) is 4.85. The quantitative estimate of drug-likeness (QED) is 0.620. The van der Waals surface area contributed by atoms with Gasteiger partial charge >= 0.3 is 0 Å². The van der Waals surface area contributed by atoms with Gasteiger partial charge in [0, 0.05) is 5.92 Å². The lowest BCUT2D eigenvalue weighted by molar-refractivity contribution is -0.0755. The van der Waals surface area contributed by atoms with Crippen LogP contribution in [0.25, 0.3) is 0 Å². The molecule has 1 aliphatic carbocycles. The Bertz CT molecular complexity index is 247. The maximum atomic E-state index is 5.99. The second kappa shape index (κ2) is 2.88. The fourth-order valence-electron chi connectivity index (χ4n) is 1.87. The summed E-state index contributed by atoms with van der Waals surface area (Å²) in [7, 11) is 0. The maximum absolute atomic E-state index is 5.99. The molecule has 0 fully saturated rings. The van der Waals surface area contributed by atoms with Crippen LogP contribution in [0, 0.1) is 5.92 Å². The van der Waals surface area contributed by atoms with E-state index in [-0.39, 0.29) is 11.7 Å². The molecule has 2 aliphatic rings. The van der Waals surface area contributed by atoms with E-state index in [0.717, 1.165) is 0 Å². The Morgan fingerprint density at radius 1 is 1.15 bits per heavy atom. The lowest BCUT2D eigenvalue weighted by Gasteiger charge is -2.33. The first-order valence-electron chi connectivity index (χ1n) is 4.85. The van der Waals surface area contributed by atoms with Gasteiger partial charge in [-0.3, -0.25) is 0 Å². The van der Waals surface area contributed by atoms with Gasteiger partial charge < -0.3 is 10.1 Å². The van der Waals surface area contributed by atoms with Crippen molar-refractivity contribution in [1.29, 1.82) is 0 Å². The van der Waals surface area contributed by atoms with E-state index in [1.807, 2.05) is 6.20 Å². The molecule has 1 aliphatic heterocycles. The van der Waals surface area contributed by atoms with Crippen LogP contribution in [0.1, 0.15) is 20.8 Å². The fourth-order valence-corrected chi connectivity index (χ4v) is 1.87. The highest BCUT2D eigenvalue weighted by Crippen LogP contribution is 2.29. The monoisotopic (exact) mass is 179 g/mol. The molecule has 0 aromatic carbocycles. The topological polar surface area (TPSA) is 21.3 Å². The van der Waals surface area contributed by atoms with Gasteiger partial charge in [-0.25, -0.2) is 0 Å². The van der Waals surface area contributed by atoms with Crippen LogP contribution in [-0.4, -0.2) is 17.7 Å². The Morgan fingerprint density at radius 3 is 2.54 bits per heavy atom. The Kier molecular flexibility index (Phi) is 1.95. The zero-order chi connectivity index (χ0) is 9.47. The number of ether oxygens (including phenoxy) is 1. The summed E-state index contributed by atoms with van der Waals surface area (Å²) in [5, 5.41) is 3.29. The van der Waals surface area contributed by atoms with Crippen LogP contribution in [0.4, 0.5) is 0 Å². The van der Waals surface area contributed by atoms with Crippen molar-refractivity contribution in [1.82, 2.24) is 5.32 Å². The van der Waals surface area contributed by atoms with Crippen LogP contribution in [0.5, 0.6) is 0 Å². The molecule has 0 aromatic rings. The second-order valence-corrected chi connectivity index (χ2v) is 4.71. The summed E-state index contributed by atoms with van der Waals surface area (Å²) in [5.74, 6) is 0.463. The number of fused-ring (bicyclic) bond motifs is 2. The van der Waals surface area contributed by atoms with Gasteiger partial charge in [-0.15, -0.1) is 0 Å². The minimum absolute atomic E-state index is 0.0555. The molecule has 2 heteroatoms. The summed E-state index contributed by atoms with van der Waals surface area (Å²) >= 11 is 0. The molecule has 0 saturated heterocycles. The van der Waals surface area contributed by atoms with Crippen molar-refractivity contribution in [3.63, 3.8) is 0 Å². The van der Waals surface area contributed by atoms with Crippen LogP contribution >= 0.6 is 0 Å². The van der Waals surface area contributed by atoms with E-state index < -0.39 is 0 Å². The minimum Gasteiger partial charge on any atom is -0.382 e. The van der Waals surface area contributed by atoms with Crippen molar-refractivity contribution in [3.05, 3.63) is 24.4 Å². The molecule has 1 heterocycles. The van der Waals surface area contributed by atoms with E-state index in [9.17, 15) is 0 Å². The van der Waals surface area contributed by atoms with Gasteiger partial charge in [-0.1, -0.05) is 18.2 Å². The third kappa shape index (κ3) is 1.78. The predicted octanol–water partition coefficient (Wildman–Crippen LogP) is 1.84. The Hall–Kier alpha value is -0.760. The minimum atomic E-state index is -0.0555. The van der Waals surface area contributed by atoms with E-state index in [2.05, 4.69) is 44.3 Å². The molecule has 0 spiro atoms. The normalized spacial score (nSPS) is 36.4. The van der Waals surface area contributed by atoms with Crippen molar-refractivity contribution >= 4 is 0 Å². The van der Waals surface area contributed by atoms with Crippen molar-refractivity contribution in [2.75, 3.05) is 0 Å². The smallest absolute Gasteiger partial charge is 0.0916 e. The van der Waals surface area contributed by atoms with E-state index >= 15 is 0 Å². The summed E-state index contributed by atoms with van der Waals surface area (Å²) in [6.45, 7) is 6.31. The number of hydrogen-bond donors (Lipinski definition) is 1. The van der Waals surface area contributed by atoms with Gasteiger partial charge in [0.1, 0.15) is 0 Å². The summed E-state index contributed by atoms with van der Waals surface area (Å²) in [6, 6.07) is 0.370. The van der Waals surface area contributed by atoms with Crippen LogP contribution in [0.3, 0.4) is 0 Å². The summed E-state index contributed by atoms with van der Waals surface area (Å²) in [5.41, 5.74) is -0.0555. The molecule has 72 valence electrons. The van der Waals surface area contributed by atoms with Gasteiger partial charge in [-0.05, 0) is 27.0 Å². The van der Waals surface area contributed by atoms with E-state index in [0.29, 0.717) is 12.0 Å². The molecule has 0 amide bonds. The molecule has 2 nitrogen and oxygen atoms in total. The first-order chi connectivity index (χ1) is 6.06. The Labute approximate surface area is 79.7 Å². The highest BCUT2D eigenvalue weighted by molar-refractivity contribution is 5.22. The number of hydrogen-bond acceptors (Lipinski definition) is 2. The maximum Gasteiger partial charge on any atom is 0.0916 e. The Morgan fingerprint density at radius 2 is 1.92 bits per heavy atom. The van der Waals surface area contributed by atoms with Crippen molar-refractivity contribution in [3.8, 4) is 0 Å². The number of nitrogens with one attached hydrogen (secondary N) is 1. The zero-order valence-electron chi connectivity index (χ0n) is 8.45. The lowest BCUT2D eigenvalue weighted by Crippen LogP contribution is -2.44. The van der Waals surface area contributed by atoms with Gasteiger partial charge in [-0.2, -0.15) is 0 Å². The highest BCUT2D eigenvalue weighted by atomic mass is 16.5. The van der Waals surface area contributed by atoms with Gasteiger partial charge in [0.15, 0.2) is 0 Å². The van der Waals surface area contributed by atoms with Crippen molar-refractivity contribution in [2.45, 2.75) is 38.5 Å². The third-order valence-corrected chi connectivity index (χ3v) is 2.37. The van der Waals surface area contributed by atoms with Crippen molar-refractivity contribution in [2.24, 2.45) is 5.92 Å². The van der Waals surface area contributed by atoms with Crippen LogP contribution < -0.4 is 5.32 Å². The SMILES string of the molecule is CC(C)(C)O[C@@H]1[C@H]2C=CN[C@@H]1C=C2. The Balaban J connectivity index is 2.07. The first kappa shape index (κ1) is 8.82. The van der Waals surface area contributed by atoms with Gasteiger partial charge in [0.25, 0.3) is 0 Å². The molecule has 2 bridgehead atoms. The summed E-state index contributed by atoms with van der Waals surface area (Å²) in [6.07, 6.45) is 8.89. The summed E-state index contributed by atoms with van der Waals surface area (Å²) in [4.78, 5) is 0. The zero-order valence-corrected chi connectivity index (χ0v) is 8.45. The fraction of sp³-hybridized carbons (Fsp3) is 0.636. The molecule has 2 rings (SSSR count). The third-order valence-electron chi connectivity index (χ3n) is 2.37. The van der Waals surface area contributed by atoms with Crippen LogP contribution in [0.2, 0.25) is 0 Å². The van der Waals surface area contributed by atoms with Crippen molar-refractivity contribution < 1.29 is 4.74 Å². The van der Waals surface area contributed by atoms with Gasteiger partial charge in [0.2, 0.25) is 0 Å². The van der Waals surface area contributed by atoms with E-state index in [4.69, 9.17) is 4.74 Å². The molecule has 0 unspecified atom stereocenters.